The number of imide groups is 1. The van der Waals surface area contributed by atoms with Crippen LogP contribution in [0.1, 0.15) is 6.92 Å². The lowest BCUT2D eigenvalue weighted by atomic mass is 10.4. The van der Waals surface area contributed by atoms with E-state index in [4.69, 9.17) is 28.9 Å². The second-order valence-corrected chi connectivity index (χ2v) is 5.95. The first-order chi connectivity index (χ1) is 9.38. The number of amides is 3. The third-order valence-corrected chi connectivity index (χ3v) is 3.83. The zero-order valence-corrected chi connectivity index (χ0v) is 12.5. The molecule has 0 radical (unpaired) electrons. The van der Waals surface area contributed by atoms with Crippen molar-refractivity contribution in [2.24, 2.45) is 5.73 Å². The summed E-state index contributed by atoms with van der Waals surface area (Å²) in [6.45, 7) is 1.61. The molecule has 0 aromatic carbocycles. The highest BCUT2D eigenvalue weighted by molar-refractivity contribution is 8.00. The molecule has 0 bridgehead atoms. The number of nitrogens with zero attached hydrogens (tertiary/aromatic N) is 3. The molecule has 0 saturated carbocycles. The Morgan fingerprint density at radius 3 is 2.80 bits per heavy atom. The Kier molecular flexibility index (Phi) is 4.36. The second kappa shape index (κ2) is 5.86. The van der Waals surface area contributed by atoms with Gasteiger partial charge in [0, 0.05) is 6.20 Å². The van der Waals surface area contributed by atoms with Gasteiger partial charge in [0.2, 0.25) is 5.91 Å². The molecule has 0 saturated heterocycles. The van der Waals surface area contributed by atoms with Crippen molar-refractivity contribution >= 4 is 52.5 Å². The van der Waals surface area contributed by atoms with Gasteiger partial charge in [0.1, 0.15) is 0 Å². The van der Waals surface area contributed by atoms with E-state index in [9.17, 15) is 9.59 Å². The number of nitrogens with one attached hydrogen (secondary N) is 1. The highest BCUT2D eigenvalue weighted by Gasteiger charge is 2.19. The van der Waals surface area contributed by atoms with Crippen LogP contribution in [0.3, 0.4) is 0 Å². The van der Waals surface area contributed by atoms with E-state index in [2.05, 4.69) is 10.2 Å². The number of rotatable bonds is 3. The van der Waals surface area contributed by atoms with E-state index >= 15 is 0 Å². The van der Waals surface area contributed by atoms with Gasteiger partial charge < -0.3 is 5.73 Å². The van der Waals surface area contributed by atoms with E-state index < -0.39 is 17.2 Å². The predicted octanol–water partition coefficient (Wildman–Crippen LogP) is 1.71. The van der Waals surface area contributed by atoms with Crippen molar-refractivity contribution in [1.29, 1.82) is 0 Å². The number of carbonyl (C=O) groups is 2. The Morgan fingerprint density at radius 2 is 2.15 bits per heavy atom. The third kappa shape index (κ3) is 3.14. The van der Waals surface area contributed by atoms with Crippen molar-refractivity contribution in [2.45, 2.75) is 17.3 Å². The van der Waals surface area contributed by atoms with Gasteiger partial charge in [-0.05, 0) is 13.0 Å². The van der Waals surface area contributed by atoms with Crippen molar-refractivity contribution in [2.75, 3.05) is 0 Å². The van der Waals surface area contributed by atoms with E-state index in [1.807, 2.05) is 5.32 Å². The highest BCUT2D eigenvalue weighted by Crippen LogP contribution is 2.27. The number of pyridine rings is 1. The lowest BCUT2D eigenvalue weighted by Crippen LogP contribution is -2.39. The maximum atomic E-state index is 11.6. The monoisotopic (exact) mass is 333 g/mol. The summed E-state index contributed by atoms with van der Waals surface area (Å²) in [5.74, 6) is -0.521. The first kappa shape index (κ1) is 14.9. The Labute approximate surface area is 127 Å². The minimum Gasteiger partial charge on any atom is -0.351 e. The molecule has 2 heterocycles. The number of halogens is 2. The number of primary amides is 1. The zero-order valence-electron chi connectivity index (χ0n) is 10.1. The second-order valence-electron chi connectivity index (χ2n) is 3.80. The Bertz CT molecular complexity index is 690. The van der Waals surface area contributed by atoms with Crippen molar-refractivity contribution in [3.05, 3.63) is 22.3 Å². The van der Waals surface area contributed by atoms with Crippen LogP contribution in [0.4, 0.5) is 4.79 Å². The number of carbonyl (C=O) groups excluding carboxylic acids is 2. The number of hydrogen-bond acceptors (Lipinski definition) is 5. The Balaban J connectivity index is 2.26. The van der Waals surface area contributed by atoms with Gasteiger partial charge in [-0.15, -0.1) is 10.2 Å². The molecule has 20 heavy (non-hydrogen) atoms. The summed E-state index contributed by atoms with van der Waals surface area (Å²) in [5, 5.41) is 10.4. The number of fused-ring (bicyclic) bond motifs is 1. The van der Waals surface area contributed by atoms with Crippen LogP contribution in [-0.4, -0.2) is 31.8 Å². The van der Waals surface area contributed by atoms with Gasteiger partial charge in [-0.1, -0.05) is 35.0 Å². The zero-order chi connectivity index (χ0) is 14.9. The third-order valence-electron chi connectivity index (χ3n) is 2.29. The van der Waals surface area contributed by atoms with E-state index in [1.54, 1.807) is 23.6 Å². The fraction of sp³-hybridized carbons (Fsp3) is 0.200. The summed E-state index contributed by atoms with van der Waals surface area (Å²) in [4.78, 5) is 22.2. The molecule has 0 aliphatic heterocycles. The van der Waals surface area contributed by atoms with Crippen molar-refractivity contribution in [3.63, 3.8) is 0 Å². The fourth-order valence-electron chi connectivity index (χ4n) is 1.42. The van der Waals surface area contributed by atoms with E-state index in [0.717, 1.165) is 11.8 Å². The topological polar surface area (TPSA) is 102 Å². The molecule has 0 spiro atoms. The Hall–Kier alpha value is -1.51. The largest absolute Gasteiger partial charge is 0.351 e. The normalized spacial score (nSPS) is 12.3. The molecule has 3 amide bonds. The van der Waals surface area contributed by atoms with Crippen molar-refractivity contribution in [3.8, 4) is 0 Å². The van der Waals surface area contributed by atoms with Crippen LogP contribution in [0, 0.1) is 0 Å². The van der Waals surface area contributed by atoms with Gasteiger partial charge in [-0.2, -0.15) is 0 Å². The molecule has 7 nitrogen and oxygen atoms in total. The smallest absolute Gasteiger partial charge is 0.318 e. The minimum atomic E-state index is -0.903. The summed E-state index contributed by atoms with van der Waals surface area (Å²) in [6.07, 6.45) is 1.59. The predicted molar refractivity (Wildman–Crippen MR) is 76.1 cm³/mol. The van der Waals surface area contributed by atoms with Gasteiger partial charge in [0.05, 0.1) is 15.3 Å². The van der Waals surface area contributed by atoms with Crippen LogP contribution in [0.25, 0.3) is 5.65 Å². The summed E-state index contributed by atoms with van der Waals surface area (Å²) < 4.78 is 1.57. The first-order valence-corrected chi connectivity index (χ1v) is 6.98. The molecule has 0 unspecified atom stereocenters. The maximum Gasteiger partial charge on any atom is 0.318 e. The molecule has 0 aliphatic carbocycles. The molecule has 0 aliphatic rings. The molecule has 2 aromatic heterocycles. The number of hydrogen-bond donors (Lipinski definition) is 2. The highest BCUT2D eigenvalue weighted by atomic mass is 35.5. The van der Waals surface area contributed by atoms with Gasteiger partial charge in [-0.25, -0.2) is 4.79 Å². The summed E-state index contributed by atoms with van der Waals surface area (Å²) in [7, 11) is 0. The number of urea groups is 1. The number of aromatic nitrogens is 3. The SMILES string of the molecule is C[C@H](Sc1nnc2c(Cl)cc(Cl)cn12)C(=O)NC(N)=O. The maximum absolute atomic E-state index is 11.6. The summed E-state index contributed by atoms with van der Waals surface area (Å²) in [6, 6.07) is 0.643. The number of nitrogens with two attached hydrogens (primary N) is 1. The summed E-state index contributed by atoms with van der Waals surface area (Å²) >= 11 is 13.0. The molecular formula is C10H9Cl2N5O2S. The van der Waals surface area contributed by atoms with Crippen LogP contribution in [-0.2, 0) is 4.79 Å². The lowest BCUT2D eigenvalue weighted by Gasteiger charge is -2.08. The van der Waals surface area contributed by atoms with Crippen LogP contribution < -0.4 is 11.1 Å². The van der Waals surface area contributed by atoms with E-state index in [0.29, 0.717) is 20.8 Å². The van der Waals surface area contributed by atoms with Crippen LogP contribution in [0.15, 0.2) is 17.4 Å². The lowest BCUT2D eigenvalue weighted by molar-refractivity contribution is -0.119. The van der Waals surface area contributed by atoms with Crippen molar-refractivity contribution in [1.82, 2.24) is 19.9 Å². The van der Waals surface area contributed by atoms with Crippen LogP contribution in [0.5, 0.6) is 0 Å². The van der Waals surface area contributed by atoms with Gasteiger partial charge >= 0.3 is 6.03 Å². The minimum absolute atomic E-state index is 0.353. The molecule has 106 valence electrons. The fourth-order valence-corrected chi connectivity index (χ4v) is 2.75. The molecule has 2 rings (SSSR count). The van der Waals surface area contributed by atoms with E-state index in [-0.39, 0.29) is 0 Å². The van der Waals surface area contributed by atoms with Crippen LogP contribution in [0.2, 0.25) is 10.0 Å². The molecular weight excluding hydrogens is 325 g/mol. The number of thioether (sulfide) groups is 1. The Morgan fingerprint density at radius 1 is 1.45 bits per heavy atom. The summed E-state index contributed by atoms with van der Waals surface area (Å²) in [5.41, 5.74) is 5.32. The standard InChI is InChI=1S/C10H9Cl2N5O2S/c1-4(8(18)14-9(13)19)20-10-16-15-7-6(12)2-5(11)3-17(7)10/h2-4H,1H3,(H3,13,14,18,19)/t4-/m0/s1. The molecule has 0 fully saturated rings. The van der Waals surface area contributed by atoms with E-state index in [1.165, 1.54) is 0 Å². The van der Waals surface area contributed by atoms with Gasteiger partial charge in [0.25, 0.3) is 0 Å². The average molecular weight is 334 g/mol. The molecule has 3 N–H and O–H groups in total. The van der Waals surface area contributed by atoms with Gasteiger partial charge in [0.15, 0.2) is 10.8 Å². The quantitative estimate of drug-likeness (QED) is 0.832. The van der Waals surface area contributed by atoms with Crippen molar-refractivity contribution < 1.29 is 9.59 Å². The molecule has 10 heteroatoms. The molecule has 1 atom stereocenters. The van der Waals surface area contributed by atoms with Gasteiger partial charge in [-0.3, -0.25) is 14.5 Å². The average Bonchev–Trinajstić information content (AvgIpc) is 2.71. The van der Waals surface area contributed by atoms with Crippen LogP contribution >= 0.6 is 35.0 Å². The molecule has 2 aromatic rings. The first-order valence-electron chi connectivity index (χ1n) is 5.35.